The standard InChI is InChI=1S/C21H27FN2O/c1-3-15-4-7-20(8-5-15)24-13-18-10-16(6-9-21(18)25-2)17-11-19(22)14-23-12-17/h6,9-12,14-15,20,24H,3-5,7-8,13H2,1-2H3. The van der Waals surface area contributed by atoms with E-state index in [1.807, 2.05) is 12.1 Å². The van der Waals surface area contributed by atoms with Crippen LogP contribution < -0.4 is 10.1 Å². The van der Waals surface area contributed by atoms with Gasteiger partial charge in [-0.15, -0.1) is 0 Å². The number of nitrogens with zero attached hydrogens (tertiary/aromatic N) is 1. The smallest absolute Gasteiger partial charge is 0.142 e. The Kier molecular flexibility index (Phi) is 6.03. The number of benzene rings is 1. The summed E-state index contributed by atoms with van der Waals surface area (Å²) in [6.45, 7) is 3.05. The molecule has 1 N–H and O–H groups in total. The van der Waals surface area contributed by atoms with E-state index in [9.17, 15) is 4.39 Å². The highest BCUT2D eigenvalue weighted by Gasteiger charge is 2.19. The van der Waals surface area contributed by atoms with E-state index in [2.05, 4.69) is 23.3 Å². The zero-order chi connectivity index (χ0) is 17.6. The Labute approximate surface area is 149 Å². The lowest BCUT2D eigenvalue weighted by molar-refractivity contribution is 0.284. The summed E-state index contributed by atoms with van der Waals surface area (Å²) in [4.78, 5) is 3.95. The van der Waals surface area contributed by atoms with Crippen LogP contribution in [0.25, 0.3) is 11.1 Å². The number of hydrogen-bond acceptors (Lipinski definition) is 3. The van der Waals surface area contributed by atoms with Crippen LogP contribution in [0, 0.1) is 11.7 Å². The third-order valence-corrected chi connectivity index (χ3v) is 5.32. The maximum atomic E-state index is 13.5. The second-order valence-electron chi connectivity index (χ2n) is 6.93. The first-order valence-electron chi connectivity index (χ1n) is 9.20. The van der Waals surface area contributed by atoms with Crippen molar-refractivity contribution >= 4 is 0 Å². The molecule has 0 unspecified atom stereocenters. The molecular formula is C21H27FN2O. The maximum absolute atomic E-state index is 13.5. The van der Waals surface area contributed by atoms with Crippen molar-refractivity contribution in [2.24, 2.45) is 5.92 Å². The van der Waals surface area contributed by atoms with Gasteiger partial charge in [-0.1, -0.05) is 19.4 Å². The number of nitrogens with one attached hydrogen (secondary N) is 1. The summed E-state index contributed by atoms with van der Waals surface area (Å²) in [6, 6.07) is 8.06. The van der Waals surface area contributed by atoms with E-state index in [0.717, 1.165) is 34.9 Å². The van der Waals surface area contributed by atoms with Crippen molar-refractivity contribution in [1.82, 2.24) is 10.3 Å². The number of ether oxygens (including phenoxy) is 1. The molecule has 0 aliphatic heterocycles. The van der Waals surface area contributed by atoms with Gasteiger partial charge in [0.25, 0.3) is 0 Å². The summed E-state index contributed by atoms with van der Waals surface area (Å²) in [7, 11) is 1.69. The Balaban J connectivity index is 1.70. The van der Waals surface area contributed by atoms with Crippen molar-refractivity contribution in [3.8, 4) is 16.9 Å². The Morgan fingerprint density at radius 1 is 1.12 bits per heavy atom. The molecule has 1 heterocycles. The van der Waals surface area contributed by atoms with Gasteiger partial charge < -0.3 is 10.1 Å². The van der Waals surface area contributed by atoms with E-state index in [-0.39, 0.29) is 5.82 Å². The molecule has 3 rings (SSSR count). The highest BCUT2D eigenvalue weighted by Crippen LogP contribution is 2.29. The SMILES string of the molecule is CCC1CCC(NCc2cc(-c3cncc(F)c3)ccc2OC)CC1. The molecule has 0 atom stereocenters. The first-order chi connectivity index (χ1) is 12.2. The van der Waals surface area contributed by atoms with Gasteiger partial charge in [0.15, 0.2) is 0 Å². The molecule has 0 bridgehead atoms. The molecule has 0 spiro atoms. The van der Waals surface area contributed by atoms with Crippen LogP contribution in [0.4, 0.5) is 4.39 Å². The molecule has 1 saturated carbocycles. The second-order valence-corrected chi connectivity index (χ2v) is 6.93. The van der Waals surface area contributed by atoms with E-state index >= 15 is 0 Å². The van der Waals surface area contributed by atoms with Crippen molar-refractivity contribution in [1.29, 1.82) is 0 Å². The number of aromatic nitrogens is 1. The summed E-state index contributed by atoms with van der Waals surface area (Å²) in [6.07, 6.45) is 9.34. The zero-order valence-electron chi connectivity index (χ0n) is 15.1. The van der Waals surface area contributed by atoms with E-state index in [4.69, 9.17) is 4.74 Å². The predicted octanol–water partition coefficient (Wildman–Crippen LogP) is 4.95. The van der Waals surface area contributed by atoms with Crippen molar-refractivity contribution in [2.45, 2.75) is 51.6 Å². The summed E-state index contributed by atoms with van der Waals surface area (Å²) in [5, 5.41) is 3.68. The summed E-state index contributed by atoms with van der Waals surface area (Å²) in [5.74, 6) is 1.44. The van der Waals surface area contributed by atoms with Gasteiger partial charge in [-0.2, -0.15) is 0 Å². The summed E-state index contributed by atoms with van der Waals surface area (Å²) >= 11 is 0. The van der Waals surface area contributed by atoms with Gasteiger partial charge in [-0.25, -0.2) is 4.39 Å². The molecule has 1 aromatic carbocycles. The number of pyridine rings is 1. The fourth-order valence-electron chi connectivity index (χ4n) is 3.70. The topological polar surface area (TPSA) is 34.2 Å². The Morgan fingerprint density at radius 3 is 2.60 bits per heavy atom. The van der Waals surface area contributed by atoms with Gasteiger partial charge in [0, 0.05) is 29.9 Å². The van der Waals surface area contributed by atoms with Crippen molar-refractivity contribution in [3.05, 3.63) is 48.0 Å². The van der Waals surface area contributed by atoms with Crippen molar-refractivity contribution in [3.63, 3.8) is 0 Å². The molecule has 2 aromatic rings. The van der Waals surface area contributed by atoms with Gasteiger partial charge in [0.05, 0.1) is 13.3 Å². The Morgan fingerprint density at radius 2 is 1.92 bits per heavy atom. The number of hydrogen-bond donors (Lipinski definition) is 1. The van der Waals surface area contributed by atoms with Crippen LogP contribution in [-0.2, 0) is 6.54 Å². The minimum Gasteiger partial charge on any atom is -0.496 e. The zero-order valence-corrected chi connectivity index (χ0v) is 15.1. The second kappa shape index (κ2) is 8.43. The predicted molar refractivity (Wildman–Crippen MR) is 99.1 cm³/mol. The highest BCUT2D eigenvalue weighted by atomic mass is 19.1. The first kappa shape index (κ1) is 17.9. The van der Waals surface area contributed by atoms with Crippen LogP contribution in [0.1, 0.15) is 44.6 Å². The lowest BCUT2D eigenvalue weighted by atomic mass is 9.84. The average molecular weight is 342 g/mol. The number of halogens is 1. The van der Waals surface area contributed by atoms with E-state index in [0.29, 0.717) is 6.04 Å². The van der Waals surface area contributed by atoms with Crippen LogP contribution in [0.15, 0.2) is 36.7 Å². The Bertz CT molecular complexity index is 696. The van der Waals surface area contributed by atoms with Crippen molar-refractivity contribution in [2.75, 3.05) is 7.11 Å². The molecule has 134 valence electrons. The quantitative estimate of drug-likeness (QED) is 0.806. The van der Waals surface area contributed by atoms with Gasteiger partial charge in [0.2, 0.25) is 0 Å². The maximum Gasteiger partial charge on any atom is 0.142 e. The van der Waals surface area contributed by atoms with Crippen LogP contribution in [0.2, 0.25) is 0 Å². The lowest BCUT2D eigenvalue weighted by Gasteiger charge is -2.28. The van der Waals surface area contributed by atoms with Crippen LogP contribution in [0.5, 0.6) is 5.75 Å². The average Bonchev–Trinajstić information content (AvgIpc) is 2.66. The number of rotatable bonds is 6. The molecule has 0 saturated heterocycles. The van der Waals surface area contributed by atoms with E-state index < -0.39 is 0 Å². The summed E-state index contributed by atoms with van der Waals surface area (Å²) in [5.41, 5.74) is 2.84. The van der Waals surface area contributed by atoms with Crippen LogP contribution in [-0.4, -0.2) is 18.1 Å². The van der Waals surface area contributed by atoms with Crippen molar-refractivity contribution < 1.29 is 9.13 Å². The molecule has 0 radical (unpaired) electrons. The molecule has 3 nitrogen and oxygen atoms in total. The molecule has 1 aliphatic carbocycles. The van der Waals surface area contributed by atoms with Gasteiger partial charge in [-0.05, 0) is 55.4 Å². The largest absolute Gasteiger partial charge is 0.496 e. The van der Waals surface area contributed by atoms with Crippen LogP contribution >= 0.6 is 0 Å². The normalized spacial score (nSPS) is 20.4. The molecule has 0 amide bonds. The van der Waals surface area contributed by atoms with E-state index in [1.165, 1.54) is 44.4 Å². The van der Waals surface area contributed by atoms with Crippen LogP contribution in [0.3, 0.4) is 0 Å². The molecule has 25 heavy (non-hydrogen) atoms. The first-order valence-corrected chi connectivity index (χ1v) is 9.20. The summed E-state index contributed by atoms with van der Waals surface area (Å²) < 4.78 is 19.0. The molecule has 4 heteroatoms. The fraction of sp³-hybridized carbons (Fsp3) is 0.476. The molecule has 1 aromatic heterocycles. The van der Waals surface area contributed by atoms with E-state index in [1.54, 1.807) is 13.3 Å². The molecule has 1 fully saturated rings. The third-order valence-electron chi connectivity index (χ3n) is 5.32. The lowest BCUT2D eigenvalue weighted by Crippen LogP contribution is -2.32. The number of methoxy groups -OCH3 is 1. The molecule has 1 aliphatic rings. The molecular weight excluding hydrogens is 315 g/mol. The fourth-order valence-corrected chi connectivity index (χ4v) is 3.70. The third kappa shape index (κ3) is 4.57. The minimum atomic E-state index is -0.319. The highest BCUT2D eigenvalue weighted by molar-refractivity contribution is 5.64. The van der Waals surface area contributed by atoms with Gasteiger partial charge >= 0.3 is 0 Å². The van der Waals surface area contributed by atoms with Gasteiger partial charge in [0.1, 0.15) is 11.6 Å². The Hall–Kier alpha value is -1.94. The van der Waals surface area contributed by atoms with Gasteiger partial charge in [-0.3, -0.25) is 4.98 Å². The monoisotopic (exact) mass is 342 g/mol. The minimum absolute atomic E-state index is 0.319.